The van der Waals surface area contributed by atoms with E-state index >= 15 is 0 Å². The first kappa shape index (κ1) is 20.1. The van der Waals surface area contributed by atoms with Gasteiger partial charge in [0.25, 0.3) is 0 Å². The summed E-state index contributed by atoms with van der Waals surface area (Å²) < 4.78 is 28.5. The van der Waals surface area contributed by atoms with Gasteiger partial charge >= 0.3 is 11.9 Å². The lowest BCUT2D eigenvalue weighted by molar-refractivity contribution is -0.169. The van der Waals surface area contributed by atoms with Crippen LogP contribution in [0.3, 0.4) is 0 Å². The van der Waals surface area contributed by atoms with Crippen molar-refractivity contribution in [1.82, 2.24) is 4.90 Å². The van der Waals surface area contributed by atoms with Gasteiger partial charge in [0.1, 0.15) is 24.6 Å². The number of nitrogens with two attached hydrogens (primary N) is 2. The lowest BCUT2D eigenvalue weighted by Gasteiger charge is -2.42. The van der Waals surface area contributed by atoms with Crippen molar-refractivity contribution in [2.24, 2.45) is 17.4 Å². The third-order valence-electron chi connectivity index (χ3n) is 4.82. The minimum Gasteiger partial charge on any atom is -0.480 e. The zero-order valence-corrected chi connectivity index (χ0v) is 15.1. The van der Waals surface area contributed by atoms with E-state index in [0.717, 1.165) is 4.90 Å². The number of aliphatic carboxylic acids is 1. The first-order valence-corrected chi connectivity index (χ1v) is 9.37. The van der Waals surface area contributed by atoms with Crippen molar-refractivity contribution in [2.45, 2.75) is 48.9 Å². The van der Waals surface area contributed by atoms with Crippen molar-refractivity contribution in [2.75, 3.05) is 6.61 Å². The van der Waals surface area contributed by atoms with Gasteiger partial charge in [-0.15, -0.1) is 0 Å². The zero-order valence-electron chi connectivity index (χ0n) is 14.2. The fourth-order valence-electron chi connectivity index (χ4n) is 3.26. The van der Waals surface area contributed by atoms with Crippen LogP contribution >= 0.6 is 0 Å². The Morgan fingerprint density at radius 1 is 1.35 bits per heavy atom. The molecule has 146 valence electrons. The predicted octanol–water partition coefficient (Wildman–Crippen LogP) is -2.43. The van der Waals surface area contributed by atoms with Crippen molar-refractivity contribution in [3.8, 4) is 0 Å². The van der Waals surface area contributed by atoms with Crippen LogP contribution < -0.4 is 11.5 Å². The van der Waals surface area contributed by atoms with E-state index in [9.17, 15) is 32.7 Å². The van der Waals surface area contributed by atoms with Crippen LogP contribution in [0.2, 0.25) is 0 Å². The molecule has 0 aromatic rings. The van der Waals surface area contributed by atoms with Crippen molar-refractivity contribution in [1.29, 1.82) is 0 Å². The summed E-state index contributed by atoms with van der Waals surface area (Å²) in [4.78, 5) is 47.0. The Morgan fingerprint density at radius 2 is 1.92 bits per heavy atom. The van der Waals surface area contributed by atoms with E-state index in [0.29, 0.717) is 0 Å². The number of nitrogens with zero attached hydrogens (tertiary/aromatic N) is 1. The Balaban J connectivity index is 2.08. The summed E-state index contributed by atoms with van der Waals surface area (Å²) in [6.45, 7) is 1.95. The molecule has 0 aromatic heterocycles. The number of hydrogen-bond acceptors (Lipinski definition) is 8. The Morgan fingerprint density at radius 3 is 2.42 bits per heavy atom. The Kier molecular flexibility index (Phi) is 5.03. The lowest BCUT2D eigenvalue weighted by atomic mass is 9.92. The van der Waals surface area contributed by atoms with Gasteiger partial charge in [-0.3, -0.25) is 14.4 Å². The van der Waals surface area contributed by atoms with Crippen LogP contribution in [0.4, 0.5) is 0 Å². The monoisotopic (exact) mass is 391 g/mol. The number of esters is 1. The van der Waals surface area contributed by atoms with E-state index in [1.807, 2.05) is 0 Å². The molecule has 0 spiro atoms. The molecule has 12 heteroatoms. The molecule has 2 saturated heterocycles. The minimum absolute atomic E-state index is 0.0469. The van der Waals surface area contributed by atoms with E-state index in [1.165, 1.54) is 13.8 Å². The Bertz CT molecular complexity index is 762. The van der Waals surface area contributed by atoms with Crippen LogP contribution in [0.5, 0.6) is 0 Å². The van der Waals surface area contributed by atoms with Crippen molar-refractivity contribution in [3.63, 3.8) is 0 Å². The van der Waals surface area contributed by atoms with E-state index in [-0.39, 0.29) is 12.8 Å². The summed E-state index contributed by atoms with van der Waals surface area (Å²) >= 11 is 0. The minimum atomic E-state index is -3.99. The molecule has 2 fully saturated rings. The zero-order chi connectivity index (χ0) is 20.0. The van der Waals surface area contributed by atoms with Crippen molar-refractivity contribution in [3.05, 3.63) is 0 Å². The van der Waals surface area contributed by atoms with Crippen LogP contribution in [0, 0.1) is 5.92 Å². The molecule has 0 radical (unpaired) electrons. The molecule has 0 aromatic carbocycles. The van der Waals surface area contributed by atoms with Crippen LogP contribution in [-0.4, -0.2) is 71.0 Å². The average molecular weight is 391 g/mol. The first-order valence-electron chi connectivity index (χ1n) is 7.83. The molecular formula is C14H21N3O8S. The molecular weight excluding hydrogens is 370 g/mol. The molecule has 5 N–H and O–H groups in total. The highest BCUT2D eigenvalue weighted by Gasteiger charge is 2.72. The number of amides is 2. The molecule has 11 nitrogen and oxygen atoms in total. The van der Waals surface area contributed by atoms with E-state index in [1.54, 1.807) is 0 Å². The second-order valence-corrected chi connectivity index (χ2v) is 9.50. The number of carboxylic acid groups (broad SMARTS) is 1. The number of sulfone groups is 1. The fraction of sp³-hybridized carbons (Fsp3) is 0.714. The fourth-order valence-corrected chi connectivity index (χ4v) is 5.56. The van der Waals surface area contributed by atoms with E-state index < -0.39 is 68.3 Å². The normalized spacial score (nSPS) is 29.4. The Hall–Kier alpha value is -2.21. The quantitative estimate of drug-likeness (QED) is 0.313. The maximum atomic E-state index is 12.6. The largest absolute Gasteiger partial charge is 0.480 e. The van der Waals surface area contributed by atoms with Gasteiger partial charge in [0.2, 0.25) is 11.8 Å². The number of ether oxygens (including phenoxy) is 1. The van der Waals surface area contributed by atoms with Gasteiger partial charge in [0.15, 0.2) is 15.2 Å². The lowest BCUT2D eigenvalue weighted by Crippen LogP contribution is -2.64. The number of carboxylic acids is 1. The molecule has 0 aliphatic carbocycles. The average Bonchev–Trinajstić information content (AvgIpc) is 2.66. The number of rotatable bonds is 7. The molecule has 0 saturated carbocycles. The van der Waals surface area contributed by atoms with Gasteiger partial charge in [-0.1, -0.05) is 0 Å². The molecule has 4 atom stereocenters. The molecule has 2 heterocycles. The summed E-state index contributed by atoms with van der Waals surface area (Å²) in [5, 5.41) is 7.94. The van der Waals surface area contributed by atoms with Crippen LogP contribution in [0.25, 0.3) is 0 Å². The standard InChI is InChI=1S/C14H21N3O8S/c1-14(2)9(12(20)21)17-10(19)6(11(17)26(14,23)24)5-25-13(22)7(15)3-4-8(16)18/h6-7,9,11H,3-5,15H2,1-2H3,(H2,16,18)(H,20,21)/t6-,7+,9+,11-/m1/s1. The number of β-lactam (4-membered cyclic amide) rings is 1. The summed E-state index contributed by atoms with van der Waals surface area (Å²) in [7, 11) is -3.99. The summed E-state index contributed by atoms with van der Waals surface area (Å²) in [6.07, 6.45) is -0.174. The van der Waals surface area contributed by atoms with Crippen LogP contribution in [0.15, 0.2) is 0 Å². The molecule has 26 heavy (non-hydrogen) atoms. The van der Waals surface area contributed by atoms with Gasteiger partial charge in [-0.25, -0.2) is 13.2 Å². The Labute approximate surface area is 149 Å². The van der Waals surface area contributed by atoms with Crippen molar-refractivity contribution >= 4 is 33.6 Å². The van der Waals surface area contributed by atoms with Crippen LogP contribution in [0.1, 0.15) is 26.7 Å². The van der Waals surface area contributed by atoms with Gasteiger partial charge in [0, 0.05) is 6.42 Å². The SMILES string of the molecule is CC1(C)[C@H](C(=O)O)N2C(=O)[C@@H](COC(=O)[C@@H](N)CCC(N)=O)[C@H]2S1(=O)=O. The van der Waals surface area contributed by atoms with Gasteiger partial charge in [-0.05, 0) is 20.3 Å². The molecule has 0 unspecified atom stereocenters. The molecule has 2 amide bonds. The molecule has 2 aliphatic heterocycles. The van der Waals surface area contributed by atoms with Gasteiger partial charge in [-0.2, -0.15) is 0 Å². The smallest absolute Gasteiger partial charge is 0.328 e. The van der Waals surface area contributed by atoms with Gasteiger partial charge < -0.3 is 26.2 Å². The van der Waals surface area contributed by atoms with E-state index in [4.69, 9.17) is 16.2 Å². The second kappa shape index (κ2) is 6.50. The first-order chi connectivity index (χ1) is 11.8. The third kappa shape index (κ3) is 2.92. The number of hydrogen-bond donors (Lipinski definition) is 3. The second-order valence-electron chi connectivity index (χ2n) is 6.87. The number of carbonyl (C=O) groups excluding carboxylic acids is 3. The topological polar surface area (TPSA) is 187 Å². The predicted molar refractivity (Wildman–Crippen MR) is 85.9 cm³/mol. The molecule has 2 aliphatic rings. The van der Waals surface area contributed by atoms with Crippen molar-refractivity contribution < 1.29 is 37.4 Å². The van der Waals surface area contributed by atoms with Crippen LogP contribution in [-0.2, 0) is 33.8 Å². The molecule has 2 rings (SSSR count). The number of primary amides is 1. The highest BCUT2D eigenvalue weighted by Crippen LogP contribution is 2.48. The summed E-state index contributed by atoms with van der Waals surface area (Å²) in [6, 6.07) is -2.65. The summed E-state index contributed by atoms with van der Waals surface area (Å²) in [5.41, 5.74) is 10.5. The highest BCUT2D eigenvalue weighted by atomic mass is 32.2. The summed E-state index contributed by atoms with van der Waals surface area (Å²) in [5.74, 6) is -4.86. The van der Waals surface area contributed by atoms with E-state index in [2.05, 4.69) is 0 Å². The third-order valence-corrected chi connectivity index (χ3v) is 7.70. The molecule has 0 bridgehead atoms. The number of fused-ring (bicyclic) bond motifs is 1. The maximum Gasteiger partial charge on any atom is 0.328 e. The number of carbonyl (C=O) groups is 4. The van der Waals surface area contributed by atoms with Gasteiger partial charge in [0.05, 0.1) is 4.75 Å². The highest BCUT2D eigenvalue weighted by molar-refractivity contribution is 7.93. The maximum absolute atomic E-state index is 12.6.